The Hall–Kier alpha value is -3.60. The highest BCUT2D eigenvalue weighted by atomic mass is 35.5. The number of hydrogen-bond acceptors (Lipinski definition) is 5. The van der Waals surface area contributed by atoms with Crippen LogP contribution in [0.15, 0.2) is 36.7 Å². The fraction of sp³-hybridized carbons (Fsp3) is 0.464. The number of likely N-dealkylation sites (N-methyl/N-ethyl adjacent to an activating group) is 1. The Morgan fingerprint density at radius 3 is 2.70 bits per heavy atom. The molecule has 9 nitrogen and oxygen atoms in total. The lowest BCUT2D eigenvalue weighted by atomic mass is 10.1. The number of halogens is 3. The Balaban J connectivity index is 1.51. The van der Waals surface area contributed by atoms with Crippen molar-refractivity contribution in [1.29, 1.82) is 0 Å². The molecule has 3 amide bonds. The zero-order chi connectivity index (χ0) is 28.8. The number of carbonyl (C=O) groups excluding carboxylic acids is 2. The van der Waals surface area contributed by atoms with Crippen molar-refractivity contribution in [3.8, 4) is 11.5 Å². The fourth-order valence-corrected chi connectivity index (χ4v) is 5.00. The van der Waals surface area contributed by atoms with E-state index in [1.807, 2.05) is 6.07 Å². The average Bonchev–Trinajstić information content (AvgIpc) is 3.25. The molecule has 3 heterocycles. The largest absolute Gasteiger partial charge is 0.493 e. The number of ether oxygens (including phenoxy) is 2. The lowest BCUT2D eigenvalue weighted by molar-refractivity contribution is -0.129. The van der Waals surface area contributed by atoms with E-state index in [1.54, 1.807) is 59.1 Å². The highest BCUT2D eigenvalue weighted by Crippen LogP contribution is 2.34. The Morgan fingerprint density at radius 2 is 1.98 bits per heavy atom. The van der Waals surface area contributed by atoms with Gasteiger partial charge in [-0.05, 0) is 43.0 Å². The number of nitrogens with zero attached hydrogens (tertiary/aromatic N) is 5. The quantitative estimate of drug-likeness (QED) is 0.268. The summed E-state index contributed by atoms with van der Waals surface area (Å²) in [4.78, 5) is 35.3. The molecule has 1 saturated heterocycles. The molecule has 0 radical (unpaired) electrons. The molecular weight excluding hydrogens is 544 g/mol. The van der Waals surface area contributed by atoms with E-state index in [4.69, 9.17) is 21.1 Å². The van der Waals surface area contributed by atoms with E-state index in [1.165, 1.54) is 12.0 Å². The van der Waals surface area contributed by atoms with Crippen LogP contribution < -0.4 is 14.4 Å². The Bertz CT molecular complexity index is 1350. The molecule has 1 aromatic carbocycles. The molecule has 2 aromatic heterocycles. The second-order valence-electron chi connectivity index (χ2n) is 9.84. The van der Waals surface area contributed by atoms with Gasteiger partial charge in [0.05, 0.1) is 18.7 Å². The summed E-state index contributed by atoms with van der Waals surface area (Å²) in [5, 5.41) is 1.18. The first kappa shape index (κ1) is 29.4. The van der Waals surface area contributed by atoms with E-state index in [2.05, 4.69) is 4.98 Å². The third-order valence-electron chi connectivity index (χ3n) is 6.81. The standard InChI is InChI=1S/C28H34ClF2N5O4/c1-33(2)25(37)18-35-17-21(29)26-19(10-11-32-27(26)35)16-34-12-6-13-36(28(34)38)20-8-9-22(39-3)23(15-20)40-14-5-4-7-24(30)31/h8-11,15,17,24H,4-7,12-14,16,18H2,1-3H3. The molecule has 1 aliphatic heterocycles. The molecule has 0 saturated carbocycles. The average molecular weight is 578 g/mol. The monoisotopic (exact) mass is 577 g/mol. The summed E-state index contributed by atoms with van der Waals surface area (Å²) >= 11 is 6.58. The van der Waals surface area contributed by atoms with E-state index in [-0.39, 0.29) is 31.5 Å². The van der Waals surface area contributed by atoms with Crippen LogP contribution in [0.5, 0.6) is 11.5 Å². The minimum absolute atomic E-state index is 0.0846. The fourth-order valence-electron chi connectivity index (χ4n) is 4.67. The Morgan fingerprint density at radius 1 is 1.18 bits per heavy atom. The number of urea groups is 1. The molecule has 0 aliphatic carbocycles. The van der Waals surface area contributed by atoms with Gasteiger partial charge in [-0.3, -0.25) is 9.69 Å². The first-order chi connectivity index (χ1) is 19.2. The number of hydrogen-bond donors (Lipinski definition) is 0. The maximum absolute atomic E-state index is 13.6. The summed E-state index contributed by atoms with van der Waals surface area (Å²) in [5.41, 5.74) is 2.08. The first-order valence-electron chi connectivity index (χ1n) is 13.2. The number of benzene rings is 1. The van der Waals surface area contributed by atoms with E-state index in [0.29, 0.717) is 65.7 Å². The smallest absolute Gasteiger partial charge is 0.324 e. The minimum Gasteiger partial charge on any atom is -0.493 e. The molecule has 3 aromatic rings. The SMILES string of the molecule is COc1ccc(N2CCCN(Cc3ccnc4c3c(Cl)cn4CC(=O)N(C)C)C2=O)cc1OCCCCC(F)F. The van der Waals surface area contributed by atoms with Crippen molar-refractivity contribution in [3.05, 3.63) is 47.2 Å². The zero-order valence-corrected chi connectivity index (χ0v) is 23.7. The molecule has 12 heteroatoms. The van der Waals surface area contributed by atoms with E-state index < -0.39 is 6.43 Å². The number of methoxy groups -OCH3 is 1. The maximum Gasteiger partial charge on any atom is 0.324 e. The van der Waals surface area contributed by atoms with Crippen LogP contribution in [0.3, 0.4) is 0 Å². The van der Waals surface area contributed by atoms with Gasteiger partial charge in [0, 0.05) is 69.7 Å². The molecule has 0 N–H and O–H groups in total. The molecular formula is C28H34ClF2N5O4. The van der Waals surface area contributed by atoms with Gasteiger partial charge in [0.25, 0.3) is 0 Å². The van der Waals surface area contributed by atoms with Crippen LogP contribution in [0, 0.1) is 0 Å². The van der Waals surface area contributed by atoms with Crippen LogP contribution in [-0.4, -0.2) is 78.6 Å². The van der Waals surface area contributed by atoms with Gasteiger partial charge in [-0.1, -0.05) is 11.6 Å². The molecule has 40 heavy (non-hydrogen) atoms. The molecule has 0 spiro atoms. The number of rotatable bonds is 12. The van der Waals surface area contributed by atoms with E-state index >= 15 is 0 Å². The summed E-state index contributed by atoms with van der Waals surface area (Å²) in [6.07, 6.45) is 2.47. The Kier molecular flexibility index (Phi) is 9.67. The number of alkyl halides is 2. The number of carbonyl (C=O) groups is 2. The third kappa shape index (κ3) is 6.75. The van der Waals surface area contributed by atoms with Gasteiger partial charge in [0.2, 0.25) is 12.3 Å². The molecule has 0 atom stereocenters. The number of pyridine rings is 1. The van der Waals surface area contributed by atoms with E-state index in [9.17, 15) is 18.4 Å². The van der Waals surface area contributed by atoms with Crippen molar-refractivity contribution in [2.75, 3.05) is 45.8 Å². The van der Waals surface area contributed by atoms with Gasteiger partial charge in [-0.15, -0.1) is 0 Å². The van der Waals surface area contributed by atoms with Gasteiger partial charge in [0.15, 0.2) is 11.5 Å². The van der Waals surface area contributed by atoms with Gasteiger partial charge in [-0.2, -0.15) is 0 Å². The number of anilines is 1. The van der Waals surface area contributed by atoms with Crippen molar-refractivity contribution < 1.29 is 27.8 Å². The van der Waals surface area contributed by atoms with Gasteiger partial charge >= 0.3 is 6.03 Å². The van der Waals surface area contributed by atoms with E-state index in [0.717, 1.165) is 12.0 Å². The molecule has 216 valence electrons. The van der Waals surface area contributed by atoms with Gasteiger partial charge in [-0.25, -0.2) is 18.6 Å². The van der Waals surface area contributed by atoms with Crippen LogP contribution in [0.4, 0.5) is 19.3 Å². The van der Waals surface area contributed by atoms with Crippen LogP contribution in [0.2, 0.25) is 5.02 Å². The molecule has 4 rings (SSSR count). The van der Waals surface area contributed by atoms with Crippen LogP contribution in [0.1, 0.15) is 31.2 Å². The lowest BCUT2D eigenvalue weighted by Gasteiger charge is -2.36. The molecule has 0 bridgehead atoms. The van der Waals surface area contributed by atoms with Gasteiger partial charge in [0.1, 0.15) is 12.2 Å². The van der Waals surface area contributed by atoms with Crippen LogP contribution >= 0.6 is 11.6 Å². The summed E-state index contributed by atoms with van der Waals surface area (Å²) in [7, 11) is 4.91. The number of unbranched alkanes of at least 4 members (excludes halogenated alkanes) is 1. The predicted octanol–water partition coefficient (Wildman–Crippen LogP) is 5.43. The number of aromatic nitrogens is 2. The third-order valence-corrected chi connectivity index (χ3v) is 7.09. The normalized spacial score (nSPS) is 13.8. The van der Waals surface area contributed by atoms with Crippen LogP contribution in [-0.2, 0) is 17.9 Å². The molecule has 0 unspecified atom stereocenters. The summed E-state index contributed by atoms with van der Waals surface area (Å²) in [5.74, 6) is 0.877. The topological polar surface area (TPSA) is 80.1 Å². The number of fused-ring (bicyclic) bond motifs is 1. The zero-order valence-electron chi connectivity index (χ0n) is 22.9. The van der Waals surface area contributed by atoms with Crippen molar-refractivity contribution >= 4 is 40.3 Å². The minimum atomic E-state index is -2.32. The van der Waals surface area contributed by atoms with Crippen molar-refractivity contribution in [2.24, 2.45) is 0 Å². The second-order valence-corrected chi connectivity index (χ2v) is 10.2. The van der Waals surface area contributed by atoms with Crippen molar-refractivity contribution in [3.63, 3.8) is 0 Å². The molecule has 1 fully saturated rings. The Labute approximate surface area is 237 Å². The number of amides is 3. The lowest BCUT2D eigenvalue weighted by Crippen LogP contribution is -2.49. The highest BCUT2D eigenvalue weighted by molar-refractivity contribution is 6.35. The van der Waals surface area contributed by atoms with Crippen molar-refractivity contribution in [1.82, 2.24) is 19.4 Å². The summed E-state index contributed by atoms with van der Waals surface area (Å²) in [6, 6.07) is 6.96. The first-order valence-corrected chi connectivity index (χ1v) is 13.5. The maximum atomic E-state index is 13.6. The highest BCUT2D eigenvalue weighted by Gasteiger charge is 2.28. The van der Waals surface area contributed by atoms with Crippen molar-refractivity contribution in [2.45, 2.75) is 45.2 Å². The second kappa shape index (κ2) is 13.2. The predicted molar refractivity (Wildman–Crippen MR) is 150 cm³/mol. The van der Waals surface area contributed by atoms with Crippen LogP contribution in [0.25, 0.3) is 11.0 Å². The summed E-state index contributed by atoms with van der Waals surface area (Å²) in [6.45, 7) is 1.80. The van der Waals surface area contributed by atoms with Gasteiger partial charge < -0.3 is 23.8 Å². The molecule has 1 aliphatic rings. The summed E-state index contributed by atoms with van der Waals surface area (Å²) < 4.78 is 37.8.